The third-order valence-corrected chi connectivity index (χ3v) is 13.6. The molecule has 0 aromatic rings. The number of aliphatic carboxylic acids is 1. The molecule has 1 rings (SSSR count). The number of aliphatic hydroxyl groups excluding tert-OH is 2. The highest BCUT2D eigenvalue weighted by Crippen LogP contribution is 2.26. The number of carboxylic acid groups (broad SMARTS) is 1. The zero-order valence-corrected chi connectivity index (χ0v) is 47.5. The van der Waals surface area contributed by atoms with E-state index in [0.29, 0.717) is 19.3 Å². The first-order valence-corrected chi connectivity index (χ1v) is 30.3. The average Bonchev–Trinajstić information content (AvgIpc) is 3.39. The summed E-state index contributed by atoms with van der Waals surface area (Å²) in [7, 11) is 0. The zero-order chi connectivity index (χ0) is 54.7. The molecule has 0 amide bonds. The van der Waals surface area contributed by atoms with Gasteiger partial charge in [-0.15, -0.1) is 0 Å². The normalized spacial score (nSPS) is 18.5. The van der Waals surface area contributed by atoms with Gasteiger partial charge in [-0.2, -0.15) is 0 Å². The maximum absolute atomic E-state index is 13.2. The molecular weight excluding hydrogens is 949 g/mol. The van der Waals surface area contributed by atoms with Crippen LogP contribution in [-0.4, -0.2) is 89.2 Å². The molecule has 6 unspecified atom stereocenters. The van der Waals surface area contributed by atoms with Gasteiger partial charge in [-0.05, 0) is 64.2 Å². The average molecular weight is 1060 g/mol. The zero-order valence-electron chi connectivity index (χ0n) is 47.5. The first kappa shape index (κ1) is 69.4. The number of esters is 3. The van der Waals surface area contributed by atoms with Gasteiger partial charge in [0.15, 0.2) is 24.6 Å². The van der Waals surface area contributed by atoms with Crippen molar-refractivity contribution >= 4 is 23.9 Å². The maximum atomic E-state index is 13.2. The third-order valence-electron chi connectivity index (χ3n) is 13.6. The standard InChI is InChI=1S/C63H108O12/c1-4-7-10-13-16-19-22-24-26-27-28-29-31-32-35-37-40-43-46-49-55(64)71-52-54(73-56(65)50-47-44-41-39-36-33-30-25-23-20-17-14-11-8-5-2)53-72-63-61(59(68)58(67)60(75-63)62(69)70)74-57(66)51-48-45-42-38-34-21-18-15-12-9-6-3/h7,10,16,19,24,26,28-29,32,35,54,58-61,63,67-68H,4-6,8-9,11-15,17-18,20-23,25,27,30-31,33-34,36-53H2,1-3H3,(H,69,70)/b10-7-,19-16-,26-24-,29-28-,35-32-. The van der Waals surface area contributed by atoms with Gasteiger partial charge in [0.2, 0.25) is 0 Å². The molecule has 1 heterocycles. The van der Waals surface area contributed by atoms with E-state index in [1.807, 2.05) is 0 Å². The Bertz CT molecular complexity index is 1540. The predicted octanol–water partition coefficient (Wildman–Crippen LogP) is 15.6. The lowest BCUT2D eigenvalue weighted by Gasteiger charge is -2.40. The molecule has 432 valence electrons. The Morgan fingerprint density at radius 1 is 0.453 bits per heavy atom. The van der Waals surface area contributed by atoms with Gasteiger partial charge in [0.1, 0.15) is 18.8 Å². The molecule has 0 aromatic carbocycles. The molecule has 6 atom stereocenters. The predicted molar refractivity (Wildman–Crippen MR) is 303 cm³/mol. The van der Waals surface area contributed by atoms with Crippen molar-refractivity contribution in [2.45, 2.75) is 302 Å². The minimum Gasteiger partial charge on any atom is -0.479 e. The summed E-state index contributed by atoms with van der Waals surface area (Å²) >= 11 is 0. The molecule has 0 radical (unpaired) electrons. The van der Waals surface area contributed by atoms with Gasteiger partial charge in [0, 0.05) is 19.3 Å². The van der Waals surface area contributed by atoms with Crippen LogP contribution in [0.25, 0.3) is 0 Å². The monoisotopic (exact) mass is 1060 g/mol. The van der Waals surface area contributed by atoms with Crippen LogP contribution in [0.1, 0.15) is 265 Å². The summed E-state index contributed by atoms with van der Waals surface area (Å²) in [5.41, 5.74) is 0. The molecule has 1 fully saturated rings. The van der Waals surface area contributed by atoms with E-state index < -0.39 is 67.3 Å². The number of carbonyl (C=O) groups is 4. The number of hydrogen-bond acceptors (Lipinski definition) is 11. The number of unbranched alkanes of at least 4 members (excludes halogenated alkanes) is 27. The summed E-state index contributed by atoms with van der Waals surface area (Å²) in [6, 6.07) is 0. The molecule has 75 heavy (non-hydrogen) atoms. The van der Waals surface area contributed by atoms with Crippen LogP contribution in [0.4, 0.5) is 0 Å². The van der Waals surface area contributed by atoms with Crippen LogP contribution < -0.4 is 0 Å². The Morgan fingerprint density at radius 3 is 1.28 bits per heavy atom. The summed E-state index contributed by atoms with van der Waals surface area (Å²) < 4.78 is 28.4. The van der Waals surface area contributed by atoms with Crippen LogP contribution in [0, 0.1) is 0 Å². The number of hydrogen-bond donors (Lipinski definition) is 3. The summed E-state index contributed by atoms with van der Waals surface area (Å²) in [6.07, 6.45) is 50.5. The highest BCUT2D eigenvalue weighted by molar-refractivity contribution is 5.74. The van der Waals surface area contributed by atoms with Crippen molar-refractivity contribution in [1.29, 1.82) is 0 Å². The molecule has 12 nitrogen and oxygen atoms in total. The minimum absolute atomic E-state index is 0.0598. The van der Waals surface area contributed by atoms with Crippen molar-refractivity contribution in [3.05, 3.63) is 60.8 Å². The van der Waals surface area contributed by atoms with Gasteiger partial charge in [0.25, 0.3) is 0 Å². The molecule has 0 saturated carbocycles. The fourth-order valence-corrected chi connectivity index (χ4v) is 8.98. The lowest BCUT2D eigenvalue weighted by atomic mass is 9.98. The van der Waals surface area contributed by atoms with Crippen LogP contribution in [0.3, 0.4) is 0 Å². The number of allylic oxidation sites excluding steroid dienone is 10. The Morgan fingerprint density at radius 2 is 0.840 bits per heavy atom. The van der Waals surface area contributed by atoms with E-state index in [1.165, 1.54) is 109 Å². The molecule has 0 bridgehead atoms. The molecule has 1 aliphatic heterocycles. The summed E-state index contributed by atoms with van der Waals surface area (Å²) in [5.74, 6) is -3.14. The molecule has 0 aromatic heterocycles. The van der Waals surface area contributed by atoms with Crippen LogP contribution >= 0.6 is 0 Å². The van der Waals surface area contributed by atoms with Crippen molar-refractivity contribution in [3.8, 4) is 0 Å². The second kappa shape index (κ2) is 51.2. The highest BCUT2D eigenvalue weighted by atomic mass is 16.7. The summed E-state index contributed by atoms with van der Waals surface area (Å²) in [5, 5.41) is 31.4. The van der Waals surface area contributed by atoms with Crippen LogP contribution in [0.5, 0.6) is 0 Å². The van der Waals surface area contributed by atoms with E-state index in [4.69, 9.17) is 23.7 Å². The maximum Gasteiger partial charge on any atom is 0.335 e. The lowest BCUT2D eigenvalue weighted by Crippen LogP contribution is -2.61. The molecular formula is C63H108O12. The van der Waals surface area contributed by atoms with Gasteiger partial charge < -0.3 is 39.0 Å². The van der Waals surface area contributed by atoms with E-state index in [9.17, 15) is 34.5 Å². The van der Waals surface area contributed by atoms with E-state index in [1.54, 1.807) is 0 Å². The van der Waals surface area contributed by atoms with Crippen LogP contribution in [0.2, 0.25) is 0 Å². The fraction of sp³-hybridized carbons (Fsp3) is 0.778. The number of ether oxygens (including phenoxy) is 5. The Hall–Kier alpha value is -3.58. The number of rotatable bonds is 51. The van der Waals surface area contributed by atoms with E-state index in [2.05, 4.69) is 81.5 Å². The first-order chi connectivity index (χ1) is 36.6. The number of carbonyl (C=O) groups excluding carboxylic acids is 3. The van der Waals surface area contributed by atoms with E-state index in [-0.39, 0.29) is 25.9 Å². The summed E-state index contributed by atoms with van der Waals surface area (Å²) in [4.78, 5) is 51.1. The molecule has 1 aliphatic rings. The van der Waals surface area contributed by atoms with Crippen molar-refractivity contribution in [1.82, 2.24) is 0 Å². The van der Waals surface area contributed by atoms with Gasteiger partial charge in [0.05, 0.1) is 6.61 Å². The van der Waals surface area contributed by atoms with Crippen LogP contribution in [-0.2, 0) is 42.9 Å². The Kier molecular flexibility index (Phi) is 47.4. The largest absolute Gasteiger partial charge is 0.479 e. The molecule has 12 heteroatoms. The van der Waals surface area contributed by atoms with Gasteiger partial charge in [-0.25, -0.2) is 4.79 Å². The summed E-state index contributed by atoms with van der Waals surface area (Å²) in [6.45, 7) is 5.85. The van der Waals surface area contributed by atoms with Crippen molar-refractivity contribution in [2.24, 2.45) is 0 Å². The number of carboxylic acids is 1. The first-order valence-electron chi connectivity index (χ1n) is 30.3. The minimum atomic E-state index is -1.90. The topological polar surface area (TPSA) is 175 Å². The Labute approximate surface area is 456 Å². The van der Waals surface area contributed by atoms with Crippen molar-refractivity contribution < 1.29 is 58.2 Å². The van der Waals surface area contributed by atoms with Gasteiger partial charge in [-0.1, -0.05) is 242 Å². The van der Waals surface area contributed by atoms with Gasteiger partial charge >= 0.3 is 23.9 Å². The molecule has 1 saturated heterocycles. The van der Waals surface area contributed by atoms with Crippen molar-refractivity contribution in [3.63, 3.8) is 0 Å². The van der Waals surface area contributed by atoms with Gasteiger partial charge in [-0.3, -0.25) is 14.4 Å². The molecule has 0 spiro atoms. The third kappa shape index (κ3) is 41.2. The number of aliphatic hydroxyl groups is 2. The van der Waals surface area contributed by atoms with E-state index in [0.717, 1.165) is 96.3 Å². The highest BCUT2D eigenvalue weighted by Gasteiger charge is 2.50. The lowest BCUT2D eigenvalue weighted by molar-refractivity contribution is -0.301. The van der Waals surface area contributed by atoms with Crippen molar-refractivity contribution in [2.75, 3.05) is 13.2 Å². The Balaban J connectivity index is 2.69. The fourth-order valence-electron chi connectivity index (χ4n) is 8.98. The van der Waals surface area contributed by atoms with E-state index >= 15 is 0 Å². The SMILES string of the molecule is CC/C=C\C/C=C\C/C=C\C/C=C\C/C=C\CCCCCC(=O)OCC(COC1OC(C(=O)O)C(O)C(O)C1OC(=O)CCCCCCCCCCCCC)OC(=O)CCCCCCCCCCCCCCCCC. The second-order valence-corrected chi connectivity index (χ2v) is 20.6. The smallest absolute Gasteiger partial charge is 0.335 e. The van der Waals surface area contributed by atoms with Crippen LogP contribution in [0.15, 0.2) is 60.8 Å². The molecule has 0 aliphatic carbocycles. The quantitative estimate of drug-likeness (QED) is 0.0228. The molecule has 3 N–H and O–H groups in total. The second-order valence-electron chi connectivity index (χ2n) is 20.6.